The minimum absolute atomic E-state index is 0.0231. The molecule has 1 aromatic carbocycles. The first-order valence-corrected chi connectivity index (χ1v) is 9.41. The summed E-state index contributed by atoms with van der Waals surface area (Å²) in [6.45, 7) is 6.54. The van der Waals surface area contributed by atoms with Crippen molar-refractivity contribution in [3.05, 3.63) is 35.9 Å². The number of hydrogen-bond donors (Lipinski definition) is 0. The van der Waals surface area contributed by atoms with Gasteiger partial charge in [0.15, 0.2) is 0 Å². The molecule has 128 valence electrons. The molecule has 1 aromatic rings. The SMILES string of the molecule is CC(CC(C)(C)c1ccccc1)N1CC(CS(=O)(=O)F)CC1=O. The van der Waals surface area contributed by atoms with Crippen LogP contribution in [0.1, 0.15) is 39.2 Å². The number of benzene rings is 1. The number of likely N-dealkylation sites (tertiary alicyclic amines) is 1. The highest BCUT2D eigenvalue weighted by molar-refractivity contribution is 7.86. The van der Waals surface area contributed by atoms with Gasteiger partial charge in [0.2, 0.25) is 5.91 Å². The van der Waals surface area contributed by atoms with Gasteiger partial charge in [-0.3, -0.25) is 4.79 Å². The molecule has 4 nitrogen and oxygen atoms in total. The average Bonchev–Trinajstić information content (AvgIpc) is 2.78. The summed E-state index contributed by atoms with van der Waals surface area (Å²) in [6, 6.07) is 10.1. The van der Waals surface area contributed by atoms with Gasteiger partial charge in [0.05, 0.1) is 5.75 Å². The molecule has 0 saturated carbocycles. The van der Waals surface area contributed by atoms with E-state index in [1.807, 2.05) is 25.1 Å². The number of hydrogen-bond acceptors (Lipinski definition) is 3. The van der Waals surface area contributed by atoms with Crippen LogP contribution < -0.4 is 0 Å². The van der Waals surface area contributed by atoms with Crippen molar-refractivity contribution in [1.29, 1.82) is 0 Å². The third-order valence-electron chi connectivity index (χ3n) is 4.57. The molecule has 2 unspecified atom stereocenters. The molecule has 23 heavy (non-hydrogen) atoms. The maximum Gasteiger partial charge on any atom is 0.302 e. The standard InChI is InChI=1S/C17H24FNO3S/c1-13(10-17(2,3)15-7-5-4-6-8-15)19-11-14(9-16(19)20)12-23(18,21)22/h4-8,13-14H,9-12H2,1-3H3. The first-order chi connectivity index (χ1) is 10.6. The normalized spacial score (nSPS) is 20.8. The zero-order valence-electron chi connectivity index (χ0n) is 13.8. The fourth-order valence-electron chi connectivity index (χ4n) is 3.48. The highest BCUT2D eigenvalue weighted by Gasteiger charge is 2.37. The smallest absolute Gasteiger partial charge is 0.302 e. The van der Waals surface area contributed by atoms with Crippen LogP contribution in [0.25, 0.3) is 0 Å². The Kier molecular flexibility index (Phi) is 5.14. The lowest BCUT2D eigenvalue weighted by Crippen LogP contribution is -2.39. The highest BCUT2D eigenvalue weighted by Crippen LogP contribution is 2.32. The molecule has 6 heteroatoms. The molecule has 0 aromatic heterocycles. The number of carbonyl (C=O) groups is 1. The summed E-state index contributed by atoms with van der Waals surface area (Å²) in [5, 5.41) is 0. The summed E-state index contributed by atoms with van der Waals surface area (Å²) in [5.74, 6) is -1.10. The van der Waals surface area contributed by atoms with E-state index < -0.39 is 21.9 Å². The van der Waals surface area contributed by atoms with Crippen LogP contribution in [0.15, 0.2) is 30.3 Å². The Labute approximate surface area is 137 Å². The van der Waals surface area contributed by atoms with E-state index in [1.54, 1.807) is 4.90 Å². The summed E-state index contributed by atoms with van der Waals surface area (Å²) in [5.41, 5.74) is 1.09. The monoisotopic (exact) mass is 341 g/mol. The topological polar surface area (TPSA) is 54.5 Å². The zero-order valence-corrected chi connectivity index (χ0v) is 14.6. The van der Waals surface area contributed by atoms with E-state index in [1.165, 1.54) is 5.56 Å². The largest absolute Gasteiger partial charge is 0.340 e. The van der Waals surface area contributed by atoms with Gasteiger partial charge in [-0.15, -0.1) is 3.89 Å². The van der Waals surface area contributed by atoms with Crippen LogP contribution in [0.5, 0.6) is 0 Å². The van der Waals surface area contributed by atoms with E-state index in [2.05, 4.69) is 26.0 Å². The van der Waals surface area contributed by atoms with Crippen LogP contribution in [-0.2, 0) is 20.4 Å². The molecule has 2 atom stereocenters. The van der Waals surface area contributed by atoms with E-state index in [9.17, 15) is 17.1 Å². The fourth-order valence-corrected chi connectivity index (χ4v) is 4.27. The van der Waals surface area contributed by atoms with E-state index in [4.69, 9.17) is 0 Å². The van der Waals surface area contributed by atoms with Crippen LogP contribution >= 0.6 is 0 Å². The average molecular weight is 341 g/mol. The minimum atomic E-state index is -4.54. The molecular formula is C17H24FNO3S. The van der Waals surface area contributed by atoms with Crippen LogP contribution in [0.2, 0.25) is 0 Å². The van der Waals surface area contributed by atoms with Crippen LogP contribution in [0.3, 0.4) is 0 Å². The lowest BCUT2D eigenvalue weighted by atomic mass is 9.79. The summed E-state index contributed by atoms with van der Waals surface area (Å²) in [6.07, 6.45) is 0.872. The van der Waals surface area contributed by atoms with Crippen molar-refractivity contribution in [3.63, 3.8) is 0 Å². The molecule has 0 radical (unpaired) electrons. The predicted molar refractivity (Wildman–Crippen MR) is 88.3 cm³/mol. The van der Waals surface area contributed by atoms with Crippen molar-refractivity contribution in [2.75, 3.05) is 12.3 Å². The second-order valence-corrected chi connectivity index (χ2v) is 8.54. The summed E-state index contributed by atoms with van der Waals surface area (Å²) >= 11 is 0. The lowest BCUT2D eigenvalue weighted by molar-refractivity contribution is -0.129. The van der Waals surface area contributed by atoms with Crippen molar-refractivity contribution in [2.24, 2.45) is 5.92 Å². The highest BCUT2D eigenvalue weighted by atomic mass is 32.3. The Hall–Kier alpha value is -1.43. The maximum atomic E-state index is 12.8. The van der Waals surface area contributed by atoms with E-state index >= 15 is 0 Å². The first-order valence-electron chi connectivity index (χ1n) is 7.86. The molecule has 1 heterocycles. The van der Waals surface area contributed by atoms with Crippen molar-refractivity contribution < 1.29 is 17.1 Å². The predicted octanol–water partition coefficient (Wildman–Crippen LogP) is 2.89. The lowest BCUT2D eigenvalue weighted by Gasteiger charge is -2.33. The number of carbonyl (C=O) groups excluding carboxylic acids is 1. The number of nitrogens with zero attached hydrogens (tertiary/aromatic N) is 1. The van der Waals surface area contributed by atoms with Gasteiger partial charge in [0.1, 0.15) is 0 Å². The quantitative estimate of drug-likeness (QED) is 0.748. The second-order valence-electron chi connectivity index (χ2n) is 7.12. The van der Waals surface area contributed by atoms with Gasteiger partial charge in [0, 0.05) is 24.9 Å². The summed E-state index contributed by atoms with van der Waals surface area (Å²) < 4.78 is 34.4. The molecule has 1 saturated heterocycles. The minimum Gasteiger partial charge on any atom is -0.340 e. The van der Waals surface area contributed by atoms with Crippen molar-refractivity contribution in [1.82, 2.24) is 4.90 Å². The molecule has 0 bridgehead atoms. The molecule has 0 aliphatic carbocycles. The molecule has 2 rings (SSSR count). The van der Waals surface area contributed by atoms with Crippen molar-refractivity contribution in [2.45, 2.75) is 45.1 Å². The number of rotatable bonds is 6. The molecule has 0 spiro atoms. The van der Waals surface area contributed by atoms with Gasteiger partial charge in [-0.05, 0) is 24.3 Å². The molecule has 1 amide bonds. The van der Waals surface area contributed by atoms with Gasteiger partial charge in [-0.1, -0.05) is 44.2 Å². The third-order valence-corrected chi connectivity index (χ3v) is 5.44. The third kappa shape index (κ3) is 4.77. The van der Waals surface area contributed by atoms with Crippen molar-refractivity contribution >= 4 is 16.1 Å². The van der Waals surface area contributed by atoms with Gasteiger partial charge in [-0.25, -0.2) is 0 Å². The van der Waals surface area contributed by atoms with Gasteiger partial charge in [0.25, 0.3) is 0 Å². The van der Waals surface area contributed by atoms with Gasteiger partial charge in [-0.2, -0.15) is 8.42 Å². The Morgan fingerprint density at radius 3 is 2.48 bits per heavy atom. The molecular weight excluding hydrogens is 317 g/mol. The number of halogens is 1. The Balaban J connectivity index is 2.03. The Bertz CT molecular complexity index is 658. The fraction of sp³-hybridized carbons (Fsp3) is 0.588. The molecule has 1 fully saturated rings. The molecule has 1 aliphatic rings. The summed E-state index contributed by atoms with van der Waals surface area (Å²) in [7, 11) is -4.54. The molecule has 1 aliphatic heterocycles. The van der Waals surface area contributed by atoms with Crippen LogP contribution in [-0.4, -0.2) is 37.6 Å². The van der Waals surface area contributed by atoms with Crippen LogP contribution in [0, 0.1) is 5.92 Å². The van der Waals surface area contributed by atoms with Gasteiger partial charge < -0.3 is 4.90 Å². The first kappa shape index (κ1) is 17.9. The zero-order chi connectivity index (χ0) is 17.3. The Morgan fingerprint density at radius 2 is 1.91 bits per heavy atom. The molecule has 0 N–H and O–H groups in total. The maximum absolute atomic E-state index is 12.8. The van der Waals surface area contributed by atoms with E-state index in [0.717, 1.165) is 6.42 Å². The van der Waals surface area contributed by atoms with E-state index in [-0.39, 0.29) is 23.8 Å². The van der Waals surface area contributed by atoms with Crippen molar-refractivity contribution in [3.8, 4) is 0 Å². The van der Waals surface area contributed by atoms with Gasteiger partial charge >= 0.3 is 10.2 Å². The second kappa shape index (κ2) is 6.59. The van der Waals surface area contributed by atoms with E-state index in [0.29, 0.717) is 6.54 Å². The van der Waals surface area contributed by atoms with Crippen LogP contribution in [0.4, 0.5) is 3.89 Å². The number of amides is 1. The Morgan fingerprint density at radius 1 is 1.30 bits per heavy atom. The summed E-state index contributed by atoms with van der Waals surface area (Å²) in [4.78, 5) is 13.8.